The van der Waals surface area contributed by atoms with Crippen molar-refractivity contribution >= 4 is 17.6 Å². The van der Waals surface area contributed by atoms with Crippen LogP contribution in [0.15, 0.2) is 12.1 Å². The van der Waals surface area contributed by atoms with Crippen molar-refractivity contribution in [1.29, 1.82) is 0 Å². The monoisotopic (exact) mass is 253 g/mol. The Morgan fingerprint density at radius 2 is 2.12 bits per heavy atom. The Morgan fingerprint density at radius 1 is 1.35 bits per heavy atom. The Bertz CT molecular complexity index is 551. The molecule has 0 aliphatic carbocycles. The molecule has 2 rings (SSSR count). The summed E-state index contributed by atoms with van der Waals surface area (Å²) in [6, 6.07) is 3.15. The summed E-state index contributed by atoms with van der Waals surface area (Å²) in [7, 11) is 1.28. The predicted octanol–water partition coefficient (Wildman–Crippen LogP) is 0.806. The molecule has 0 unspecified atom stereocenters. The first-order valence-corrected chi connectivity index (χ1v) is 5.01. The fourth-order valence-corrected chi connectivity index (χ4v) is 1.28. The molecule has 0 aromatic carbocycles. The second kappa shape index (κ2) is 4.46. The number of hydrogen-bond donors (Lipinski definition) is 0. The van der Waals surface area contributed by atoms with E-state index in [1.54, 1.807) is 19.1 Å². The minimum atomic E-state index is -0.546. The van der Waals surface area contributed by atoms with E-state index in [0.29, 0.717) is 11.5 Å². The smallest absolute Gasteiger partial charge is 0.360 e. The fraction of sp³-hybridized carbons (Fsp3) is 0.222. The zero-order valence-corrected chi connectivity index (χ0v) is 9.84. The molecule has 2 heterocycles. The van der Waals surface area contributed by atoms with E-state index in [-0.39, 0.29) is 10.8 Å². The minimum Gasteiger partial charge on any atom is -0.464 e. The lowest BCUT2D eigenvalue weighted by Gasteiger charge is -1.96. The topological polar surface area (TPSA) is 82.8 Å². The Balaban J connectivity index is 2.41. The second-order valence-electron chi connectivity index (χ2n) is 3.13. The van der Waals surface area contributed by atoms with Crippen LogP contribution in [-0.2, 0) is 4.74 Å². The minimum absolute atomic E-state index is 0.143. The first-order chi connectivity index (χ1) is 8.11. The highest BCUT2D eigenvalue weighted by atomic mass is 35.5. The molecule has 88 valence electrons. The van der Waals surface area contributed by atoms with Crippen molar-refractivity contribution in [3.8, 4) is 5.82 Å². The number of esters is 1. The molecule has 7 nitrogen and oxygen atoms in total. The molecule has 0 bridgehead atoms. The van der Waals surface area contributed by atoms with Gasteiger partial charge in [-0.1, -0.05) is 11.6 Å². The number of methoxy groups -OCH3 is 1. The van der Waals surface area contributed by atoms with Gasteiger partial charge in [-0.15, -0.1) is 20.1 Å². The third-order valence-corrected chi connectivity index (χ3v) is 2.19. The van der Waals surface area contributed by atoms with Crippen molar-refractivity contribution in [2.45, 2.75) is 6.92 Å². The van der Waals surface area contributed by atoms with Crippen molar-refractivity contribution in [2.75, 3.05) is 7.11 Å². The largest absolute Gasteiger partial charge is 0.464 e. The van der Waals surface area contributed by atoms with E-state index in [4.69, 9.17) is 11.6 Å². The molecule has 0 spiro atoms. The van der Waals surface area contributed by atoms with E-state index in [9.17, 15) is 4.79 Å². The van der Waals surface area contributed by atoms with Crippen molar-refractivity contribution in [1.82, 2.24) is 25.2 Å². The molecular formula is C9H8ClN5O2. The lowest BCUT2D eigenvalue weighted by Crippen LogP contribution is -2.06. The standard InChI is InChI=1S/C9H8ClN5O2/c1-5-8(9(16)17-2)14-15(13-5)7-4-3-6(10)11-12-7/h3-4H,1-2H3. The van der Waals surface area contributed by atoms with E-state index < -0.39 is 5.97 Å². The van der Waals surface area contributed by atoms with Gasteiger partial charge in [-0.25, -0.2) is 4.79 Å². The number of aryl methyl sites for hydroxylation is 1. The van der Waals surface area contributed by atoms with E-state index in [0.717, 1.165) is 0 Å². The maximum Gasteiger partial charge on any atom is 0.360 e. The maximum absolute atomic E-state index is 11.3. The van der Waals surface area contributed by atoms with Crippen LogP contribution in [0.3, 0.4) is 0 Å². The predicted molar refractivity (Wildman–Crippen MR) is 58.0 cm³/mol. The highest BCUT2D eigenvalue weighted by Gasteiger charge is 2.17. The quantitative estimate of drug-likeness (QED) is 0.737. The van der Waals surface area contributed by atoms with Gasteiger partial charge in [0.05, 0.1) is 12.8 Å². The molecule has 0 N–H and O–H groups in total. The van der Waals surface area contributed by atoms with E-state index in [1.807, 2.05) is 0 Å². The Morgan fingerprint density at radius 3 is 2.71 bits per heavy atom. The SMILES string of the molecule is COC(=O)c1nn(-c2ccc(Cl)nn2)nc1C. The van der Waals surface area contributed by atoms with Crippen LogP contribution < -0.4 is 0 Å². The second-order valence-corrected chi connectivity index (χ2v) is 3.52. The number of halogens is 1. The Labute approximate surface area is 101 Å². The van der Waals surface area contributed by atoms with Crippen LogP contribution in [0.5, 0.6) is 0 Å². The fourth-order valence-electron chi connectivity index (χ4n) is 1.18. The third-order valence-electron chi connectivity index (χ3n) is 1.98. The van der Waals surface area contributed by atoms with Gasteiger partial charge in [0.2, 0.25) is 0 Å². The van der Waals surface area contributed by atoms with Crippen LogP contribution in [0, 0.1) is 6.92 Å². The number of rotatable bonds is 2. The van der Waals surface area contributed by atoms with Crippen molar-refractivity contribution in [3.05, 3.63) is 28.7 Å². The zero-order chi connectivity index (χ0) is 12.4. The van der Waals surface area contributed by atoms with E-state index >= 15 is 0 Å². The van der Waals surface area contributed by atoms with Crippen LogP contribution in [0.2, 0.25) is 5.15 Å². The molecule has 0 amide bonds. The summed E-state index contributed by atoms with van der Waals surface area (Å²) in [6.07, 6.45) is 0. The lowest BCUT2D eigenvalue weighted by molar-refractivity contribution is 0.0592. The van der Waals surface area contributed by atoms with Gasteiger partial charge in [-0.2, -0.15) is 5.10 Å². The summed E-state index contributed by atoms with van der Waals surface area (Å²) < 4.78 is 4.57. The molecule has 2 aromatic heterocycles. The molecule has 0 atom stereocenters. The van der Waals surface area contributed by atoms with Crippen LogP contribution in [-0.4, -0.2) is 38.3 Å². The molecule has 0 aliphatic heterocycles. The molecular weight excluding hydrogens is 246 g/mol. The molecule has 0 saturated heterocycles. The Kier molecular flexibility index (Phi) is 3.01. The molecule has 0 fully saturated rings. The van der Waals surface area contributed by atoms with Gasteiger partial charge < -0.3 is 4.74 Å². The lowest BCUT2D eigenvalue weighted by atomic mass is 10.3. The van der Waals surface area contributed by atoms with Crippen molar-refractivity contribution in [3.63, 3.8) is 0 Å². The molecule has 17 heavy (non-hydrogen) atoms. The molecule has 8 heteroatoms. The highest BCUT2D eigenvalue weighted by Crippen LogP contribution is 2.08. The number of carbonyl (C=O) groups is 1. The number of carbonyl (C=O) groups excluding carboxylic acids is 1. The van der Waals surface area contributed by atoms with Gasteiger partial charge in [0.25, 0.3) is 0 Å². The van der Waals surface area contributed by atoms with Gasteiger partial charge in [-0.3, -0.25) is 0 Å². The number of hydrogen-bond acceptors (Lipinski definition) is 6. The first kappa shape index (κ1) is 11.5. The first-order valence-electron chi connectivity index (χ1n) is 4.63. The highest BCUT2D eigenvalue weighted by molar-refractivity contribution is 6.29. The van der Waals surface area contributed by atoms with Crippen LogP contribution >= 0.6 is 11.6 Å². The summed E-state index contributed by atoms with van der Waals surface area (Å²) in [5.41, 5.74) is 0.595. The molecule has 0 aliphatic rings. The summed E-state index contributed by atoms with van der Waals surface area (Å²) >= 11 is 5.61. The van der Waals surface area contributed by atoms with Crippen LogP contribution in [0.1, 0.15) is 16.2 Å². The van der Waals surface area contributed by atoms with E-state index in [1.165, 1.54) is 11.9 Å². The van der Waals surface area contributed by atoms with Gasteiger partial charge in [-0.05, 0) is 19.1 Å². The van der Waals surface area contributed by atoms with Crippen molar-refractivity contribution < 1.29 is 9.53 Å². The van der Waals surface area contributed by atoms with Gasteiger partial charge in [0.15, 0.2) is 16.7 Å². The van der Waals surface area contributed by atoms with Gasteiger partial charge in [0.1, 0.15) is 0 Å². The van der Waals surface area contributed by atoms with Gasteiger partial charge in [0, 0.05) is 0 Å². The maximum atomic E-state index is 11.3. The summed E-state index contributed by atoms with van der Waals surface area (Å²) in [6.45, 7) is 1.65. The number of nitrogens with zero attached hydrogens (tertiary/aromatic N) is 5. The average Bonchev–Trinajstić information content (AvgIpc) is 2.71. The number of aromatic nitrogens is 5. The van der Waals surface area contributed by atoms with Crippen molar-refractivity contribution in [2.24, 2.45) is 0 Å². The van der Waals surface area contributed by atoms with Gasteiger partial charge >= 0.3 is 5.97 Å². The van der Waals surface area contributed by atoms with Crippen LogP contribution in [0.4, 0.5) is 0 Å². The van der Waals surface area contributed by atoms with E-state index in [2.05, 4.69) is 25.1 Å². The summed E-state index contributed by atoms with van der Waals surface area (Å²) in [5.74, 6) is -0.177. The normalized spacial score (nSPS) is 10.3. The summed E-state index contributed by atoms with van der Waals surface area (Å²) in [5, 5.41) is 15.7. The molecule has 0 saturated carbocycles. The average molecular weight is 254 g/mol. The van der Waals surface area contributed by atoms with Crippen LogP contribution in [0.25, 0.3) is 5.82 Å². The molecule has 2 aromatic rings. The summed E-state index contributed by atoms with van der Waals surface area (Å²) in [4.78, 5) is 12.5. The zero-order valence-electron chi connectivity index (χ0n) is 9.09. The molecule has 0 radical (unpaired) electrons. The Hall–Kier alpha value is -2.02. The number of ether oxygens (including phenoxy) is 1. The third kappa shape index (κ3) is 2.23.